The van der Waals surface area contributed by atoms with Crippen molar-refractivity contribution in [3.63, 3.8) is 0 Å². The highest BCUT2D eigenvalue weighted by atomic mass is 32.2. The first kappa shape index (κ1) is 21.4. The monoisotopic (exact) mass is 369 g/mol. The van der Waals surface area contributed by atoms with Gasteiger partial charge in [-0.3, -0.25) is 4.99 Å². The lowest BCUT2D eigenvalue weighted by Gasteiger charge is -2.28. The van der Waals surface area contributed by atoms with Crippen LogP contribution in [0.25, 0.3) is 0 Å². The number of guanidine groups is 1. The van der Waals surface area contributed by atoms with Crippen LogP contribution in [0.1, 0.15) is 27.7 Å². The van der Waals surface area contributed by atoms with Crippen molar-refractivity contribution in [2.45, 2.75) is 38.7 Å². The van der Waals surface area contributed by atoms with E-state index in [1.54, 1.807) is 37.4 Å². The van der Waals surface area contributed by atoms with Gasteiger partial charge in [0.15, 0.2) is 15.8 Å². The summed E-state index contributed by atoms with van der Waals surface area (Å²) >= 11 is 0. The Morgan fingerprint density at radius 1 is 1.20 bits per heavy atom. The summed E-state index contributed by atoms with van der Waals surface area (Å²) < 4.78 is 30.1. The number of benzene rings is 1. The fourth-order valence-corrected chi connectivity index (χ4v) is 3.45. The second kappa shape index (κ2) is 9.77. The van der Waals surface area contributed by atoms with Gasteiger partial charge in [-0.1, -0.05) is 39.0 Å². The van der Waals surface area contributed by atoms with Gasteiger partial charge in [-0.05, 0) is 24.5 Å². The quantitative estimate of drug-likeness (QED) is 0.542. The van der Waals surface area contributed by atoms with Crippen LogP contribution in [0.3, 0.4) is 0 Å². The Bertz CT molecular complexity index is 637. The lowest BCUT2D eigenvalue weighted by Crippen LogP contribution is -2.41. The smallest absolute Gasteiger partial charge is 0.191 e. The zero-order valence-electron chi connectivity index (χ0n) is 15.9. The lowest BCUT2D eigenvalue weighted by molar-refractivity contribution is 0.0241. The van der Waals surface area contributed by atoms with Gasteiger partial charge in [0.1, 0.15) is 0 Å². The van der Waals surface area contributed by atoms with Gasteiger partial charge in [0.2, 0.25) is 0 Å². The highest BCUT2D eigenvalue weighted by Crippen LogP contribution is 2.21. The van der Waals surface area contributed by atoms with Crippen LogP contribution >= 0.6 is 0 Å². The van der Waals surface area contributed by atoms with Gasteiger partial charge in [-0.25, -0.2) is 8.42 Å². The molecule has 0 aromatic heterocycles. The number of aliphatic imine (C=N–C) groups is 1. The van der Waals surface area contributed by atoms with Crippen molar-refractivity contribution < 1.29 is 13.2 Å². The third kappa shape index (κ3) is 7.44. The average Bonchev–Trinajstić information content (AvgIpc) is 2.54. The summed E-state index contributed by atoms with van der Waals surface area (Å²) in [5, 5.41) is 6.21. The topological polar surface area (TPSA) is 79.8 Å². The molecule has 0 heterocycles. The number of hydrogen-bond acceptors (Lipinski definition) is 4. The molecule has 0 fully saturated rings. The number of nitrogens with zero attached hydrogens (tertiary/aromatic N) is 1. The molecular formula is C18H31N3O3S. The maximum absolute atomic E-state index is 12.3. The molecule has 1 aromatic rings. The average molecular weight is 370 g/mol. The SMILES string of the molecule is CCNC(=NCC(OC)C(C)(C)C)NCCS(=O)(=O)c1ccccc1. The summed E-state index contributed by atoms with van der Waals surface area (Å²) in [5.74, 6) is 0.603. The van der Waals surface area contributed by atoms with Crippen LogP contribution in [-0.4, -0.2) is 53.0 Å². The summed E-state index contributed by atoms with van der Waals surface area (Å²) in [4.78, 5) is 4.86. The van der Waals surface area contributed by atoms with Gasteiger partial charge in [0.25, 0.3) is 0 Å². The van der Waals surface area contributed by atoms with Crippen molar-refractivity contribution >= 4 is 15.8 Å². The molecule has 1 aromatic carbocycles. The molecular weight excluding hydrogens is 338 g/mol. The van der Waals surface area contributed by atoms with Crippen molar-refractivity contribution in [1.82, 2.24) is 10.6 Å². The Hall–Kier alpha value is -1.60. The van der Waals surface area contributed by atoms with E-state index < -0.39 is 9.84 Å². The Labute approximate surface area is 152 Å². The third-order valence-electron chi connectivity index (χ3n) is 3.78. The Kier molecular flexibility index (Phi) is 8.38. The Balaban J connectivity index is 2.65. The molecule has 1 rings (SSSR count). The minimum absolute atomic E-state index is 0.00834. The zero-order chi connectivity index (χ0) is 18.9. The van der Waals surface area contributed by atoms with E-state index >= 15 is 0 Å². The van der Waals surface area contributed by atoms with Gasteiger partial charge in [-0.15, -0.1) is 0 Å². The Morgan fingerprint density at radius 3 is 2.36 bits per heavy atom. The van der Waals surface area contributed by atoms with E-state index in [2.05, 4.69) is 36.4 Å². The molecule has 0 aliphatic heterocycles. The fourth-order valence-electron chi connectivity index (χ4n) is 2.27. The molecule has 0 spiro atoms. The summed E-state index contributed by atoms with van der Waals surface area (Å²) in [5.41, 5.74) is -0.0216. The molecule has 1 atom stereocenters. The summed E-state index contributed by atoms with van der Waals surface area (Å²) in [6.45, 7) is 9.76. The first-order chi connectivity index (χ1) is 11.7. The van der Waals surface area contributed by atoms with Crippen LogP contribution < -0.4 is 10.6 Å². The highest BCUT2D eigenvalue weighted by Gasteiger charge is 2.24. The minimum atomic E-state index is -3.30. The fraction of sp³-hybridized carbons (Fsp3) is 0.611. The second-order valence-corrected chi connectivity index (χ2v) is 8.98. The van der Waals surface area contributed by atoms with E-state index in [0.717, 1.165) is 0 Å². The van der Waals surface area contributed by atoms with E-state index in [4.69, 9.17) is 4.74 Å². The lowest BCUT2D eigenvalue weighted by atomic mass is 9.89. The molecule has 25 heavy (non-hydrogen) atoms. The Morgan fingerprint density at radius 2 is 1.84 bits per heavy atom. The second-order valence-electron chi connectivity index (χ2n) is 6.87. The molecule has 6 nitrogen and oxygen atoms in total. The number of nitrogens with one attached hydrogen (secondary N) is 2. The van der Waals surface area contributed by atoms with Gasteiger partial charge < -0.3 is 15.4 Å². The van der Waals surface area contributed by atoms with Crippen molar-refractivity contribution in [3.05, 3.63) is 30.3 Å². The molecule has 0 bridgehead atoms. The predicted molar refractivity (Wildman–Crippen MR) is 103 cm³/mol. The van der Waals surface area contributed by atoms with Crippen molar-refractivity contribution in [2.75, 3.05) is 32.5 Å². The normalized spacial score (nSPS) is 14.2. The molecule has 0 aliphatic rings. The molecule has 1 unspecified atom stereocenters. The molecule has 2 N–H and O–H groups in total. The first-order valence-electron chi connectivity index (χ1n) is 8.53. The molecule has 0 saturated carbocycles. The number of sulfone groups is 1. The molecule has 0 saturated heterocycles. The van der Waals surface area contributed by atoms with Crippen LogP contribution in [0.2, 0.25) is 0 Å². The van der Waals surface area contributed by atoms with Gasteiger partial charge in [-0.2, -0.15) is 0 Å². The van der Waals surface area contributed by atoms with E-state index in [0.29, 0.717) is 23.9 Å². The van der Waals surface area contributed by atoms with Crippen molar-refractivity contribution in [1.29, 1.82) is 0 Å². The minimum Gasteiger partial charge on any atom is -0.379 e. The number of methoxy groups -OCH3 is 1. The predicted octanol–water partition coefficient (Wildman–Crippen LogP) is 2.08. The summed E-state index contributed by atoms with van der Waals surface area (Å²) in [6, 6.07) is 8.48. The van der Waals surface area contributed by atoms with Crippen LogP contribution in [0.15, 0.2) is 40.2 Å². The number of rotatable bonds is 8. The first-order valence-corrected chi connectivity index (χ1v) is 10.2. The molecule has 0 amide bonds. The third-order valence-corrected chi connectivity index (χ3v) is 5.51. The van der Waals surface area contributed by atoms with E-state index in [1.165, 1.54) is 0 Å². The molecule has 0 radical (unpaired) electrons. The highest BCUT2D eigenvalue weighted by molar-refractivity contribution is 7.91. The van der Waals surface area contributed by atoms with Crippen LogP contribution in [0.4, 0.5) is 0 Å². The van der Waals surface area contributed by atoms with Gasteiger partial charge in [0.05, 0.1) is 23.3 Å². The summed E-state index contributed by atoms with van der Waals surface area (Å²) in [7, 11) is -1.62. The van der Waals surface area contributed by atoms with Crippen LogP contribution in [-0.2, 0) is 14.6 Å². The van der Waals surface area contributed by atoms with Crippen LogP contribution in [0.5, 0.6) is 0 Å². The number of ether oxygens (including phenoxy) is 1. The maximum Gasteiger partial charge on any atom is 0.191 e. The van der Waals surface area contributed by atoms with E-state index in [9.17, 15) is 8.42 Å². The molecule has 142 valence electrons. The van der Waals surface area contributed by atoms with E-state index in [-0.39, 0.29) is 23.8 Å². The van der Waals surface area contributed by atoms with E-state index in [1.807, 2.05) is 6.92 Å². The maximum atomic E-state index is 12.3. The number of hydrogen-bond donors (Lipinski definition) is 2. The largest absolute Gasteiger partial charge is 0.379 e. The van der Waals surface area contributed by atoms with Gasteiger partial charge in [0, 0.05) is 20.2 Å². The van der Waals surface area contributed by atoms with Crippen molar-refractivity contribution in [3.8, 4) is 0 Å². The van der Waals surface area contributed by atoms with Crippen molar-refractivity contribution in [2.24, 2.45) is 10.4 Å². The molecule has 0 aliphatic carbocycles. The zero-order valence-corrected chi connectivity index (χ0v) is 16.7. The summed E-state index contributed by atoms with van der Waals surface area (Å²) in [6.07, 6.45) is -0.0176. The molecule has 7 heteroatoms. The van der Waals surface area contributed by atoms with Crippen LogP contribution in [0, 0.1) is 5.41 Å². The van der Waals surface area contributed by atoms with Gasteiger partial charge >= 0.3 is 0 Å². The standard InChI is InChI=1S/C18H31N3O3S/c1-6-19-17(21-14-16(24-5)18(2,3)4)20-12-13-25(22,23)15-10-8-7-9-11-15/h7-11,16H,6,12-14H2,1-5H3,(H2,19,20,21).